The number of nitrogens with zero attached hydrogens (tertiary/aromatic N) is 1. The Labute approximate surface area is 141 Å². The van der Waals surface area contributed by atoms with Gasteiger partial charge in [-0.1, -0.05) is 6.92 Å². The van der Waals surface area contributed by atoms with E-state index in [9.17, 15) is 9.59 Å². The SMILES string of the molecule is CC(CC(C)(C)N(C)CC(=O)OC(C)(C)C)C(=O)OC(C)(C)C. The van der Waals surface area contributed by atoms with Crippen LogP contribution in [0.15, 0.2) is 0 Å². The molecular formula is C18H35NO4. The van der Waals surface area contributed by atoms with Crippen molar-refractivity contribution in [1.82, 2.24) is 4.90 Å². The Kier molecular flexibility index (Phi) is 7.28. The molecule has 0 saturated heterocycles. The highest BCUT2D eigenvalue weighted by atomic mass is 16.6. The summed E-state index contributed by atoms with van der Waals surface area (Å²) in [4.78, 5) is 26.0. The first kappa shape index (κ1) is 21.9. The van der Waals surface area contributed by atoms with E-state index in [0.717, 1.165) is 0 Å². The molecule has 0 aliphatic heterocycles. The molecule has 5 nitrogen and oxygen atoms in total. The van der Waals surface area contributed by atoms with Crippen LogP contribution in [0.5, 0.6) is 0 Å². The van der Waals surface area contributed by atoms with E-state index >= 15 is 0 Å². The standard InChI is InChI=1S/C18H35NO4/c1-13(15(21)23-17(5,6)7)11-18(8,9)19(10)12-14(20)22-16(2,3)4/h13H,11-12H2,1-10H3. The van der Waals surface area contributed by atoms with E-state index in [1.165, 1.54) is 0 Å². The van der Waals surface area contributed by atoms with Crippen molar-refractivity contribution in [2.45, 2.75) is 85.5 Å². The summed E-state index contributed by atoms with van der Waals surface area (Å²) in [6.45, 7) is 17.2. The monoisotopic (exact) mass is 329 g/mol. The molecule has 5 heteroatoms. The van der Waals surface area contributed by atoms with Crippen LogP contribution in [0.1, 0.15) is 68.7 Å². The number of rotatable bonds is 6. The molecule has 0 aromatic rings. The summed E-state index contributed by atoms with van der Waals surface area (Å²) in [5.74, 6) is -0.723. The largest absolute Gasteiger partial charge is 0.460 e. The number of esters is 2. The maximum Gasteiger partial charge on any atom is 0.320 e. The zero-order chi connectivity index (χ0) is 18.6. The van der Waals surface area contributed by atoms with E-state index in [4.69, 9.17) is 9.47 Å². The zero-order valence-electron chi connectivity index (χ0n) is 16.6. The first-order chi connectivity index (χ1) is 10.0. The van der Waals surface area contributed by atoms with Crippen LogP contribution >= 0.6 is 0 Å². The molecule has 1 atom stereocenters. The van der Waals surface area contributed by atoms with Crippen LogP contribution in [0, 0.1) is 5.92 Å². The normalized spacial score (nSPS) is 14.6. The van der Waals surface area contributed by atoms with Crippen molar-refractivity contribution in [3.8, 4) is 0 Å². The Morgan fingerprint density at radius 3 is 1.74 bits per heavy atom. The van der Waals surface area contributed by atoms with Crippen molar-refractivity contribution in [2.75, 3.05) is 13.6 Å². The van der Waals surface area contributed by atoms with Crippen LogP contribution in [0.4, 0.5) is 0 Å². The third-order valence-corrected chi connectivity index (χ3v) is 3.43. The van der Waals surface area contributed by atoms with Gasteiger partial charge in [-0.05, 0) is 68.9 Å². The fourth-order valence-electron chi connectivity index (χ4n) is 2.17. The van der Waals surface area contributed by atoms with Crippen molar-refractivity contribution < 1.29 is 19.1 Å². The molecule has 0 rings (SSSR count). The van der Waals surface area contributed by atoms with Gasteiger partial charge in [0.1, 0.15) is 11.2 Å². The minimum atomic E-state index is -0.494. The minimum Gasteiger partial charge on any atom is -0.460 e. The molecule has 23 heavy (non-hydrogen) atoms. The maximum atomic E-state index is 12.1. The summed E-state index contributed by atoms with van der Waals surface area (Å²) in [7, 11) is 1.87. The number of carbonyl (C=O) groups excluding carboxylic acids is 2. The van der Waals surface area contributed by atoms with Gasteiger partial charge in [0.2, 0.25) is 0 Å². The van der Waals surface area contributed by atoms with Gasteiger partial charge in [0.25, 0.3) is 0 Å². The van der Waals surface area contributed by atoms with Crippen LogP contribution in [-0.4, -0.2) is 47.2 Å². The third-order valence-electron chi connectivity index (χ3n) is 3.43. The Hall–Kier alpha value is -1.10. The highest BCUT2D eigenvalue weighted by Gasteiger charge is 2.32. The highest BCUT2D eigenvalue weighted by molar-refractivity contribution is 5.73. The average Bonchev–Trinajstić information content (AvgIpc) is 2.22. The lowest BCUT2D eigenvalue weighted by molar-refractivity contribution is -0.160. The molecule has 0 spiro atoms. The topological polar surface area (TPSA) is 55.8 Å². The lowest BCUT2D eigenvalue weighted by Gasteiger charge is -2.37. The smallest absolute Gasteiger partial charge is 0.320 e. The van der Waals surface area contributed by atoms with Gasteiger partial charge in [-0.25, -0.2) is 0 Å². The summed E-state index contributed by atoms with van der Waals surface area (Å²) < 4.78 is 10.8. The first-order valence-corrected chi connectivity index (χ1v) is 8.19. The molecule has 0 fully saturated rings. The molecule has 1 unspecified atom stereocenters. The summed E-state index contributed by atoms with van der Waals surface area (Å²) in [6.07, 6.45) is 0.598. The molecular weight excluding hydrogens is 294 g/mol. The fourth-order valence-corrected chi connectivity index (χ4v) is 2.17. The Morgan fingerprint density at radius 1 is 0.913 bits per heavy atom. The summed E-state index contributed by atoms with van der Waals surface area (Å²) in [6, 6.07) is 0. The lowest BCUT2D eigenvalue weighted by Crippen LogP contribution is -2.47. The van der Waals surface area contributed by atoms with E-state index in [2.05, 4.69) is 0 Å². The molecule has 0 amide bonds. The molecule has 136 valence electrons. The number of ether oxygens (including phenoxy) is 2. The second-order valence-corrected chi connectivity index (χ2v) is 8.89. The molecule has 0 N–H and O–H groups in total. The fraction of sp³-hybridized carbons (Fsp3) is 0.889. The first-order valence-electron chi connectivity index (χ1n) is 8.19. The van der Waals surface area contributed by atoms with Crippen LogP contribution in [-0.2, 0) is 19.1 Å². The molecule has 0 aromatic carbocycles. The van der Waals surface area contributed by atoms with Crippen molar-refractivity contribution in [3.63, 3.8) is 0 Å². The summed E-state index contributed by atoms with van der Waals surface area (Å²) in [5, 5.41) is 0. The van der Waals surface area contributed by atoms with Gasteiger partial charge in [-0.3, -0.25) is 14.5 Å². The van der Waals surface area contributed by atoms with Gasteiger partial charge in [0.15, 0.2) is 0 Å². The van der Waals surface area contributed by atoms with Gasteiger partial charge >= 0.3 is 11.9 Å². The van der Waals surface area contributed by atoms with Crippen molar-refractivity contribution >= 4 is 11.9 Å². The Morgan fingerprint density at radius 2 is 1.35 bits per heavy atom. The Balaban J connectivity index is 4.66. The molecule has 0 aromatic heterocycles. The second kappa shape index (κ2) is 7.65. The van der Waals surface area contributed by atoms with Gasteiger partial charge in [0, 0.05) is 5.54 Å². The van der Waals surface area contributed by atoms with Crippen LogP contribution in [0.2, 0.25) is 0 Å². The van der Waals surface area contributed by atoms with Gasteiger partial charge in [0.05, 0.1) is 12.5 Å². The minimum absolute atomic E-state index is 0.186. The van der Waals surface area contributed by atoms with E-state index in [1.807, 2.05) is 74.3 Å². The molecule has 0 aliphatic carbocycles. The quantitative estimate of drug-likeness (QED) is 0.699. The number of carbonyl (C=O) groups is 2. The molecule has 0 bridgehead atoms. The Bertz CT molecular complexity index is 416. The van der Waals surface area contributed by atoms with Crippen molar-refractivity contribution in [2.24, 2.45) is 5.92 Å². The molecule has 0 aliphatic rings. The lowest BCUT2D eigenvalue weighted by atomic mass is 9.90. The van der Waals surface area contributed by atoms with Crippen molar-refractivity contribution in [1.29, 1.82) is 0 Å². The highest BCUT2D eigenvalue weighted by Crippen LogP contribution is 2.24. The predicted octanol–water partition coefficient (Wildman–Crippen LogP) is 3.41. The zero-order valence-corrected chi connectivity index (χ0v) is 16.6. The van der Waals surface area contributed by atoms with Gasteiger partial charge < -0.3 is 9.47 Å². The summed E-state index contributed by atoms with van der Waals surface area (Å²) >= 11 is 0. The van der Waals surface area contributed by atoms with E-state index in [-0.39, 0.29) is 29.9 Å². The number of likely N-dealkylation sites (N-methyl/N-ethyl adjacent to an activating group) is 1. The van der Waals surface area contributed by atoms with Crippen LogP contribution < -0.4 is 0 Å². The molecule has 0 saturated carbocycles. The summed E-state index contributed by atoms with van der Waals surface area (Å²) in [5.41, 5.74) is -1.31. The number of hydrogen-bond donors (Lipinski definition) is 0. The second-order valence-electron chi connectivity index (χ2n) is 8.89. The van der Waals surface area contributed by atoms with Crippen LogP contribution in [0.25, 0.3) is 0 Å². The van der Waals surface area contributed by atoms with Gasteiger partial charge in [-0.15, -0.1) is 0 Å². The average molecular weight is 329 g/mol. The molecule has 0 heterocycles. The van der Waals surface area contributed by atoms with Gasteiger partial charge in [-0.2, -0.15) is 0 Å². The third kappa shape index (κ3) is 9.59. The van der Waals surface area contributed by atoms with E-state index in [0.29, 0.717) is 6.42 Å². The van der Waals surface area contributed by atoms with Crippen LogP contribution in [0.3, 0.4) is 0 Å². The molecule has 0 radical (unpaired) electrons. The predicted molar refractivity (Wildman–Crippen MR) is 92.2 cm³/mol. The van der Waals surface area contributed by atoms with E-state index < -0.39 is 11.2 Å². The maximum absolute atomic E-state index is 12.1. The van der Waals surface area contributed by atoms with Crippen molar-refractivity contribution in [3.05, 3.63) is 0 Å². The van der Waals surface area contributed by atoms with E-state index in [1.54, 1.807) is 0 Å². The number of hydrogen-bond acceptors (Lipinski definition) is 5.